The molecule has 0 radical (unpaired) electrons. The van der Waals surface area contributed by atoms with Gasteiger partial charge in [-0.3, -0.25) is 0 Å². The van der Waals surface area contributed by atoms with Crippen molar-refractivity contribution in [2.75, 3.05) is 5.75 Å². The number of aliphatic hydroxyl groups is 1. The Hall–Kier alpha value is 0.310. The van der Waals surface area contributed by atoms with E-state index in [2.05, 4.69) is 6.92 Å². The lowest BCUT2D eigenvalue weighted by atomic mass is 9.78. The second-order valence-corrected chi connectivity index (χ2v) is 6.77. The zero-order valence-electron chi connectivity index (χ0n) is 9.82. The molecular formula is C13H24OS. The van der Waals surface area contributed by atoms with Crippen LogP contribution in [0.25, 0.3) is 0 Å². The summed E-state index contributed by atoms with van der Waals surface area (Å²) in [5.74, 6) is 2.71. The van der Waals surface area contributed by atoms with E-state index < -0.39 is 0 Å². The zero-order chi connectivity index (χ0) is 10.7. The molecule has 2 fully saturated rings. The SMILES string of the molecule is CC1CCCC(C(O)C2CCCCS2)C1. The van der Waals surface area contributed by atoms with Crippen molar-refractivity contribution in [2.24, 2.45) is 11.8 Å². The molecule has 88 valence electrons. The number of hydrogen-bond acceptors (Lipinski definition) is 2. The molecule has 2 heteroatoms. The first-order chi connectivity index (χ1) is 7.27. The molecule has 1 N–H and O–H groups in total. The van der Waals surface area contributed by atoms with Crippen LogP contribution >= 0.6 is 11.8 Å². The highest BCUT2D eigenvalue weighted by Crippen LogP contribution is 2.37. The smallest absolute Gasteiger partial charge is 0.0686 e. The first-order valence-corrected chi connectivity index (χ1v) is 7.62. The van der Waals surface area contributed by atoms with E-state index in [0.717, 1.165) is 5.92 Å². The summed E-state index contributed by atoms with van der Waals surface area (Å²) in [6.45, 7) is 2.34. The molecule has 4 atom stereocenters. The van der Waals surface area contributed by atoms with Crippen molar-refractivity contribution in [3.63, 3.8) is 0 Å². The van der Waals surface area contributed by atoms with Gasteiger partial charge in [-0.2, -0.15) is 11.8 Å². The minimum atomic E-state index is -0.0157. The second kappa shape index (κ2) is 5.58. The van der Waals surface area contributed by atoms with Gasteiger partial charge in [0.1, 0.15) is 0 Å². The Morgan fingerprint density at radius 2 is 2.00 bits per heavy atom. The maximum Gasteiger partial charge on any atom is 0.0686 e. The number of rotatable bonds is 2. The molecule has 4 unspecified atom stereocenters. The van der Waals surface area contributed by atoms with Gasteiger partial charge in [0.2, 0.25) is 0 Å². The Morgan fingerprint density at radius 3 is 2.67 bits per heavy atom. The molecule has 1 aliphatic carbocycles. The zero-order valence-corrected chi connectivity index (χ0v) is 10.6. The quantitative estimate of drug-likeness (QED) is 0.781. The fourth-order valence-corrected chi connectivity index (χ4v) is 4.56. The highest BCUT2D eigenvalue weighted by atomic mass is 32.2. The Kier molecular flexibility index (Phi) is 4.39. The van der Waals surface area contributed by atoms with Crippen molar-refractivity contribution >= 4 is 11.8 Å². The molecular weight excluding hydrogens is 204 g/mol. The van der Waals surface area contributed by atoms with Crippen LogP contribution in [0.2, 0.25) is 0 Å². The Morgan fingerprint density at radius 1 is 1.13 bits per heavy atom. The van der Waals surface area contributed by atoms with Gasteiger partial charge in [0.15, 0.2) is 0 Å². The maximum atomic E-state index is 10.4. The number of hydrogen-bond donors (Lipinski definition) is 1. The second-order valence-electron chi connectivity index (χ2n) is 5.43. The standard InChI is InChI=1S/C13H24OS/c1-10-5-4-6-11(9-10)13(14)12-7-2-3-8-15-12/h10-14H,2-9H2,1H3. The minimum absolute atomic E-state index is 0.0157. The summed E-state index contributed by atoms with van der Waals surface area (Å²) in [7, 11) is 0. The van der Waals surface area contributed by atoms with E-state index in [1.165, 1.54) is 50.7 Å². The van der Waals surface area contributed by atoms with E-state index in [1.807, 2.05) is 11.8 Å². The van der Waals surface area contributed by atoms with Crippen molar-refractivity contribution < 1.29 is 5.11 Å². The summed E-state index contributed by atoms with van der Waals surface area (Å²) in [6, 6.07) is 0. The first kappa shape index (κ1) is 11.8. The van der Waals surface area contributed by atoms with Gasteiger partial charge in [0.05, 0.1) is 6.10 Å². The van der Waals surface area contributed by atoms with Gasteiger partial charge in [0, 0.05) is 5.25 Å². The van der Waals surface area contributed by atoms with Crippen molar-refractivity contribution in [2.45, 2.75) is 63.2 Å². The maximum absolute atomic E-state index is 10.4. The molecule has 0 bridgehead atoms. The summed E-state index contributed by atoms with van der Waals surface area (Å²) >= 11 is 2.02. The van der Waals surface area contributed by atoms with Crippen LogP contribution in [0, 0.1) is 11.8 Å². The third kappa shape index (κ3) is 3.13. The van der Waals surface area contributed by atoms with Crippen LogP contribution in [-0.4, -0.2) is 22.2 Å². The van der Waals surface area contributed by atoms with E-state index in [9.17, 15) is 5.11 Å². The van der Waals surface area contributed by atoms with Crippen LogP contribution < -0.4 is 0 Å². The fraction of sp³-hybridized carbons (Fsp3) is 1.00. The van der Waals surface area contributed by atoms with Crippen LogP contribution in [-0.2, 0) is 0 Å². The van der Waals surface area contributed by atoms with Gasteiger partial charge >= 0.3 is 0 Å². The number of thioether (sulfide) groups is 1. The van der Waals surface area contributed by atoms with Crippen molar-refractivity contribution in [1.29, 1.82) is 0 Å². The van der Waals surface area contributed by atoms with Crippen molar-refractivity contribution in [3.05, 3.63) is 0 Å². The predicted octanol–water partition coefficient (Wildman–Crippen LogP) is 3.46. The summed E-state index contributed by atoms with van der Waals surface area (Å²) in [5.41, 5.74) is 0. The lowest BCUT2D eigenvalue weighted by Gasteiger charge is -2.35. The molecule has 1 aliphatic heterocycles. The van der Waals surface area contributed by atoms with Crippen LogP contribution in [0.5, 0.6) is 0 Å². The molecule has 1 heterocycles. The predicted molar refractivity (Wildman–Crippen MR) is 67.2 cm³/mol. The van der Waals surface area contributed by atoms with Gasteiger partial charge < -0.3 is 5.11 Å². The molecule has 1 saturated heterocycles. The molecule has 2 rings (SSSR count). The average Bonchev–Trinajstić information content (AvgIpc) is 2.29. The normalized spacial score (nSPS) is 40.0. The van der Waals surface area contributed by atoms with Gasteiger partial charge in [0.25, 0.3) is 0 Å². The lowest BCUT2D eigenvalue weighted by molar-refractivity contribution is 0.0669. The highest BCUT2D eigenvalue weighted by molar-refractivity contribution is 8.00. The van der Waals surface area contributed by atoms with Crippen LogP contribution in [0.1, 0.15) is 51.9 Å². The van der Waals surface area contributed by atoms with E-state index in [1.54, 1.807) is 0 Å². The third-order valence-electron chi connectivity index (χ3n) is 4.06. The summed E-state index contributed by atoms with van der Waals surface area (Å²) in [4.78, 5) is 0. The number of aliphatic hydroxyl groups excluding tert-OH is 1. The van der Waals surface area contributed by atoms with Crippen molar-refractivity contribution in [1.82, 2.24) is 0 Å². The monoisotopic (exact) mass is 228 g/mol. The van der Waals surface area contributed by atoms with Gasteiger partial charge in [-0.05, 0) is 43.3 Å². The van der Waals surface area contributed by atoms with Crippen LogP contribution in [0.4, 0.5) is 0 Å². The van der Waals surface area contributed by atoms with Crippen LogP contribution in [0.3, 0.4) is 0 Å². The molecule has 15 heavy (non-hydrogen) atoms. The topological polar surface area (TPSA) is 20.2 Å². The molecule has 0 aromatic rings. The Balaban J connectivity index is 1.85. The summed E-state index contributed by atoms with van der Waals surface area (Å²) in [6.07, 6.45) is 9.16. The molecule has 0 aromatic carbocycles. The minimum Gasteiger partial charge on any atom is -0.392 e. The third-order valence-corrected chi connectivity index (χ3v) is 5.52. The largest absolute Gasteiger partial charge is 0.392 e. The highest BCUT2D eigenvalue weighted by Gasteiger charge is 2.31. The Labute approximate surface area is 98.0 Å². The van der Waals surface area contributed by atoms with Crippen LogP contribution in [0.15, 0.2) is 0 Å². The lowest BCUT2D eigenvalue weighted by Crippen LogP contribution is -2.35. The molecule has 0 spiro atoms. The molecule has 1 saturated carbocycles. The molecule has 0 aromatic heterocycles. The van der Waals surface area contributed by atoms with E-state index >= 15 is 0 Å². The van der Waals surface area contributed by atoms with Crippen molar-refractivity contribution in [3.8, 4) is 0 Å². The van der Waals surface area contributed by atoms with Gasteiger partial charge in [-0.15, -0.1) is 0 Å². The Bertz CT molecular complexity index is 189. The first-order valence-electron chi connectivity index (χ1n) is 6.57. The van der Waals surface area contributed by atoms with E-state index in [-0.39, 0.29) is 6.10 Å². The molecule has 0 amide bonds. The van der Waals surface area contributed by atoms with Gasteiger partial charge in [-0.1, -0.05) is 26.2 Å². The molecule has 2 aliphatic rings. The summed E-state index contributed by atoms with van der Waals surface area (Å²) < 4.78 is 0. The summed E-state index contributed by atoms with van der Waals surface area (Å²) in [5, 5.41) is 10.9. The van der Waals surface area contributed by atoms with E-state index in [0.29, 0.717) is 11.2 Å². The fourth-order valence-electron chi connectivity index (χ4n) is 3.13. The molecule has 1 nitrogen and oxygen atoms in total. The van der Waals surface area contributed by atoms with Gasteiger partial charge in [-0.25, -0.2) is 0 Å². The average molecular weight is 228 g/mol. The van der Waals surface area contributed by atoms with E-state index in [4.69, 9.17) is 0 Å².